The lowest BCUT2D eigenvalue weighted by atomic mass is 9.71. The maximum absolute atomic E-state index is 6.06. The first-order valence-electron chi connectivity index (χ1n) is 5.34. The van der Waals surface area contributed by atoms with Gasteiger partial charge in [0.15, 0.2) is 0 Å². The van der Waals surface area contributed by atoms with E-state index in [9.17, 15) is 0 Å². The molecule has 1 heterocycles. The molecule has 4 atom stereocenters. The Morgan fingerprint density at radius 3 is 2.62 bits per heavy atom. The molecule has 0 aromatic heterocycles. The van der Waals surface area contributed by atoms with Gasteiger partial charge in [0.2, 0.25) is 0 Å². The van der Waals surface area contributed by atoms with Gasteiger partial charge < -0.3 is 11.1 Å². The molecule has 2 heteroatoms. The van der Waals surface area contributed by atoms with Crippen LogP contribution in [0.4, 0.5) is 0 Å². The zero-order valence-electron chi connectivity index (χ0n) is 8.53. The van der Waals surface area contributed by atoms with Crippen LogP contribution in [0.5, 0.6) is 0 Å². The smallest absolute Gasteiger partial charge is 0.0268 e. The highest BCUT2D eigenvalue weighted by molar-refractivity contribution is 5.11. The Kier molecular flexibility index (Phi) is 2.43. The van der Waals surface area contributed by atoms with Crippen LogP contribution < -0.4 is 11.1 Å². The lowest BCUT2D eigenvalue weighted by Crippen LogP contribution is -2.40. The molecular formula is C11H20N2. The summed E-state index contributed by atoms with van der Waals surface area (Å²) in [6.45, 7) is 6.88. The van der Waals surface area contributed by atoms with Crippen LogP contribution in [0.25, 0.3) is 0 Å². The Balaban J connectivity index is 2.18. The summed E-state index contributed by atoms with van der Waals surface area (Å²) in [7, 11) is 0. The van der Waals surface area contributed by atoms with Crippen LogP contribution >= 0.6 is 0 Å². The van der Waals surface area contributed by atoms with Crippen LogP contribution in [0.1, 0.15) is 13.8 Å². The zero-order chi connectivity index (χ0) is 9.42. The minimum absolute atomic E-state index is 0.287. The fourth-order valence-electron chi connectivity index (χ4n) is 2.82. The highest BCUT2D eigenvalue weighted by Crippen LogP contribution is 2.36. The standard InChI is InChI=1S/C11H20N2/c1-7(2)8-3-4-11(12)10-6-13-5-9(8)10/h3-4,7-11,13H,5-6,12H2,1-2H3. The van der Waals surface area contributed by atoms with E-state index < -0.39 is 0 Å². The molecule has 0 aromatic carbocycles. The predicted octanol–water partition coefficient (Wildman–Crippen LogP) is 0.991. The number of allylic oxidation sites excluding steroid dienone is 1. The number of hydrogen-bond acceptors (Lipinski definition) is 2. The molecule has 1 fully saturated rings. The molecule has 0 spiro atoms. The van der Waals surface area contributed by atoms with Crippen LogP contribution in [0.3, 0.4) is 0 Å². The first-order chi connectivity index (χ1) is 6.20. The normalized spacial score (nSPS) is 44.0. The number of hydrogen-bond donors (Lipinski definition) is 2. The van der Waals surface area contributed by atoms with Gasteiger partial charge in [-0.15, -0.1) is 0 Å². The molecule has 74 valence electrons. The van der Waals surface area contributed by atoms with E-state index in [1.54, 1.807) is 0 Å². The van der Waals surface area contributed by atoms with Crippen molar-refractivity contribution >= 4 is 0 Å². The van der Waals surface area contributed by atoms with Crippen LogP contribution in [0.2, 0.25) is 0 Å². The second-order valence-corrected chi connectivity index (χ2v) is 4.77. The number of rotatable bonds is 1. The average molecular weight is 180 g/mol. The summed E-state index contributed by atoms with van der Waals surface area (Å²) in [4.78, 5) is 0. The van der Waals surface area contributed by atoms with Gasteiger partial charge in [0.25, 0.3) is 0 Å². The summed E-state index contributed by atoms with van der Waals surface area (Å²) in [6, 6.07) is 0.287. The van der Waals surface area contributed by atoms with E-state index in [0.29, 0.717) is 5.92 Å². The second kappa shape index (κ2) is 3.43. The molecule has 0 amide bonds. The molecule has 1 aliphatic carbocycles. The van der Waals surface area contributed by atoms with Crippen molar-refractivity contribution in [1.29, 1.82) is 0 Å². The quantitative estimate of drug-likeness (QED) is 0.591. The topological polar surface area (TPSA) is 38.0 Å². The van der Waals surface area contributed by atoms with E-state index in [2.05, 4.69) is 31.3 Å². The van der Waals surface area contributed by atoms with Gasteiger partial charge in [-0.2, -0.15) is 0 Å². The lowest BCUT2D eigenvalue weighted by Gasteiger charge is -2.35. The molecule has 3 N–H and O–H groups in total. The summed E-state index contributed by atoms with van der Waals surface area (Å²) >= 11 is 0. The number of fused-ring (bicyclic) bond motifs is 1. The predicted molar refractivity (Wildman–Crippen MR) is 55.3 cm³/mol. The molecule has 0 aromatic rings. The van der Waals surface area contributed by atoms with E-state index >= 15 is 0 Å². The van der Waals surface area contributed by atoms with E-state index in [4.69, 9.17) is 5.73 Å². The first kappa shape index (κ1) is 9.22. The van der Waals surface area contributed by atoms with Gasteiger partial charge in [-0.3, -0.25) is 0 Å². The lowest BCUT2D eigenvalue weighted by molar-refractivity contribution is 0.239. The molecule has 2 nitrogen and oxygen atoms in total. The van der Waals surface area contributed by atoms with E-state index in [1.165, 1.54) is 0 Å². The van der Waals surface area contributed by atoms with Gasteiger partial charge in [0.05, 0.1) is 0 Å². The third kappa shape index (κ3) is 1.53. The second-order valence-electron chi connectivity index (χ2n) is 4.77. The van der Waals surface area contributed by atoms with Crippen molar-refractivity contribution in [1.82, 2.24) is 5.32 Å². The van der Waals surface area contributed by atoms with Gasteiger partial charge >= 0.3 is 0 Å². The minimum atomic E-state index is 0.287. The number of nitrogens with two attached hydrogens (primary N) is 1. The van der Waals surface area contributed by atoms with Gasteiger partial charge in [-0.05, 0) is 30.2 Å². The molecule has 1 saturated heterocycles. The fourth-order valence-corrected chi connectivity index (χ4v) is 2.82. The van der Waals surface area contributed by atoms with E-state index in [1.807, 2.05) is 0 Å². The molecule has 0 saturated carbocycles. The Morgan fingerprint density at radius 2 is 1.92 bits per heavy atom. The van der Waals surface area contributed by atoms with Crippen LogP contribution in [-0.4, -0.2) is 19.1 Å². The number of nitrogens with one attached hydrogen (secondary N) is 1. The van der Waals surface area contributed by atoms with Gasteiger partial charge in [0, 0.05) is 12.6 Å². The molecule has 0 bridgehead atoms. The molecule has 0 radical (unpaired) electrons. The molecular weight excluding hydrogens is 160 g/mol. The molecule has 13 heavy (non-hydrogen) atoms. The average Bonchev–Trinajstić information content (AvgIpc) is 2.53. The van der Waals surface area contributed by atoms with Crippen molar-refractivity contribution in [2.24, 2.45) is 29.4 Å². The Morgan fingerprint density at radius 1 is 1.23 bits per heavy atom. The van der Waals surface area contributed by atoms with Crippen molar-refractivity contribution in [3.63, 3.8) is 0 Å². The molecule has 2 aliphatic rings. The third-order valence-corrected chi connectivity index (χ3v) is 3.62. The van der Waals surface area contributed by atoms with Crippen molar-refractivity contribution in [2.45, 2.75) is 19.9 Å². The SMILES string of the molecule is CC(C)C1C=CC(N)C2CNCC12. The van der Waals surface area contributed by atoms with Crippen molar-refractivity contribution < 1.29 is 0 Å². The van der Waals surface area contributed by atoms with Crippen molar-refractivity contribution in [2.75, 3.05) is 13.1 Å². The summed E-state index contributed by atoms with van der Waals surface area (Å²) in [5.41, 5.74) is 6.06. The van der Waals surface area contributed by atoms with Gasteiger partial charge in [-0.25, -0.2) is 0 Å². The summed E-state index contributed by atoms with van der Waals surface area (Å²) in [5.74, 6) is 2.94. The van der Waals surface area contributed by atoms with Gasteiger partial charge in [-0.1, -0.05) is 26.0 Å². The molecule has 2 rings (SSSR count). The van der Waals surface area contributed by atoms with Crippen LogP contribution in [-0.2, 0) is 0 Å². The van der Waals surface area contributed by atoms with Crippen LogP contribution in [0, 0.1) is 23.7 Å². The van der Waals surface area contributed by atoms with Crippen molar-refractivity contribution in [3.05, 3.63) is 12.2 Å². The Labute approximate surface area is 80.6 Å². The first-order valence-corrected chi connectivity index (χ1v) is 5.34. The maximum atomic E-state index is 6.06. The van der Waals surface area contributed by atoms with Crippen LogP contribution in [0.15, 0.2) is 12.2 Å². The molecule has 4 unspecified atom stereocenters. The van der Waals surface area contributed by atoms with Crippen molar-refractivity contribution in [3.8, 4) is 0 Å². The maximum Gasteiger partial charge on any atom is 0.0268 e. The highest BCUT2D eigenvalue weighted by Gasteiger charge is 2.38. The van der Waals surface area contributed by atoms with Gasteiger partial charge in [0.1, 0.15) is 0 Å². The summed E-state index contributed by atoms with van der Waals surface area (Å²) < 4.78 is 0. The largest absolute Gasteiger partial charge is 0.324 e. The zero-order valence-corrected chi connectivity index (χ0v) is 8.53. The molecule has 1 aliphatic heterocycles. The van der Waals surface area contributed by atoms with E-state index in [-0.39, 0.29) is 6.04 Å². The monoisotopic (exact) mass is 180 g/mol. The fraction of sp³-hybridized carbons (Fsp3) is 0.818. The van der Waals surface area contributed by atoms with E-state index in [0.717, 1.165) is 30.8 Å². The third-order valence-electron chi connectivity index (χ3n) is 3.62. The Hall–Kier alpha value is -0.340. The summed E-state index contributed by atoms with van der Waals surface area (Å²) in [5, 5.41) is 3.46. The Bertz CT molecular complexity index is 210. The summed E-state index contributed by atoms with van der Waals surface area (Å²) in [6.07, 6.45) is 4.54. The highest BCUT2D eigenvalue weighted by atomic mass is 14.9. The minimum Gasteiger partial charge on any atom is -0.324 e.